The highest BCUT2D eigenvalue weighted by Crippen LogP contribution is 2.58. The van der Waals surface area contributed by atoms with Crippen LogP contribution in [0.4, 0.5) is 5.82 Å². The molecule has 2 aromatic rings. The van der Waals surface area contributed by atoms with Gasteiger partial charge in [-0.15, -0.1) is 0 Å². The van der Waals surface area contributed by atoms with E-state index >= 15 is 0 Å². The Morgan fingerprint density at radius 1 is 1.20 bits per heavy atom. The number of ether oxygens (including phenoxy) is 2. The Morgan fingerprint density at radius 2 is 1.90 bits per heavy atom. The monoisotopic (exact) mass is 406 g/mol. The van der Waals surface area contributed by atoms with Crippen LogP contribution in [0, 0.1) is 0 Å². The Bertz CT molecular complexity index is 1090. The fraction of sp³-hybridized carbons (Fsp3) is 0.304. The van der Waals surface area contributed by atoms with E-state index < -0.39 is 23.0 Å². The summed E-state index contributed by atoms with van der Waals surface area (Å²) in [6, 6.07) is 10.2. The third kappa shape index (κ3) is 2.85. The number of aromatic nitrogens is 1. The molecule has 0 amide bonds. The van der Waals surface area contributed by atoms with Gasteiger partial charge in [0, 0.05) is 23.7 Å². The van der Waals surface area contributed by atoms with Gasteiger partial charge in [0.15, 0.2) is 11.4 Å². The van der Waals surface area contributed by atoms with Gasteiger partial charge in [0.25, 0.3) is 5.60 Å². The number of Topliss-reactive ketones (excluding diaryl/α,β-unsaturated/α-hetero) is 2. The van der Waals surface area contributed by atoms with Crippen LogP contribution in [0.1, 0.15) is 46.0 Å². The van der Waals surface area contributed by atoms with E-state index in [9.17, 15) is 14.4 Å². The van der Waals surface area contributed by atoms with Crippen LogP contribution in [-0.2, 0) is 20.7 Å². The van der Waals surface area contributed by atoms with E-state index in [0.29, 0.717) is 5.82 Å². The van der Waals surface area contributed by atoms with E-state index in [1.54, 1.807) is 24.4 Å². The summed E-state index contributed by atoms with van der Waals surface area (Å²) in [4.78, 5) is 42.9. The van der Waals surface area contributed by atoms with E-state index in [1.165, 1.54) is 13.2 Å². The number of epoxide rings is 1. The molecule has 1 aliphatic carbocycles. The molecular weight excluding hydrogens is 384 g/mol. The largest absolute Gasteiger partial charge is 0.466 e. The van der Waals surface area contributed by atoms with Crippen molar-refractivity contribution in [3.8, 4) is 0 Å². The van der Waals surface area contributed by atoms with Gasteiger partial charge in [0.05, 0.1) is 7.11 Å². The van der Waals surface area contributed by atoms with Crippen molar-refractivity contribution in [3.05, 3.63) is 70.9 Å². The molecule has 1 aliphatic heterocycles. The number of fused-ring (bicyclic) bond motifs is 2. The Hall–Kier alpha value is -3.32. The summed E-state index contributed by atoms with van der Waals surface area (Å²) in [6.45, 7) is 1.94. The van der Waals surface area contributed by atoms with Gasteiger partial charge in [-0.05, 0) is 37.5 Å². The number of allylic oxidation sites excluding steroid dienone is 1. The second-order valence-electron chi connectivity index (χ2n) is 7.65. The van der Waals surface area contributed by atoms with Crippen LogP contribution >= 0.6 is 0 Å². The normalized spacial score (nSPS) is 24.8. The molecule has 2 aliphatic rings. The minimum atomic E-state index is -1.90. The average Bonchev–Trinajstić information content (AvgIpc) is 3.46. The second kappa shape index (κ2) is 7.18. The van der Waals surface area contributed by atoms with Crippen LogP contribution in [0.25, 0.3) is 0 Å². The molecule has 30 heavy (non-hydrogen) atoms. The topological polar surface area (TPSA) is 112 Å². The van der Waals surface area contributed by atoms with Crippen LogP contribution in [-0.4, -0.2) is 40.8 Å². The molecule has 2 atom stereocenters. The van der Waals surface area contributed by atoms with E-state index in [-0.39, 0.29) is 23.3 Å². The Morgan fingerprint density at radius 3 is 2.57 bits per heavy atom. The number of aryl methyl sites for hydroxylation is 1. The molecule has 154 valence electrons. The highest BCUT2D eigenvalue weighted by Gasteiger charge is 2.85. The molecule has 2 heterocycles. The van der Waals surface area contributed by atoms with Crippen LogP contribution in [0.2, 0.25) is 0 Å². The minimum Gasteiger partial charge on any atom is -0.466 e. The maximum Gasteiger partial charge on any atom is 0.350 e. The molecule has 1 aromatic heterocycles. The predicted octanol–water partition coefficient (Wildman–Crippen LogP) is 2.69. The summed E-state index contributed by atoms with van der Waals surface area (Å²) in [6.07, 6.45) is 5.11. The third-order valence-corrected chi connectivity index (χ3v) is 5.82. The minimum absolute atomic E-state index is 0.116. The zero-order chi connectivity index (χ0) is 21.5. The van der Waals surface area contributed by atoms with Gasteiger partial charge in [-0.1, -0.05) is 35.9 Å². The summed E-state index contributed by atoms with van der Waals surface area (Å²) in [5.41, 5.74) is 4.79. The van der Waals surface area contributed by atoms with E-state index in [0.717, 1.165) is 24.0 Å². The fourth-order valence-corrected chi connectivity index (χ4v) is 4.09. The predicted molar refractivity (Wildman–Crippen MR) is 109 cm³/mol. The summed E-state index contributed by atoms with van der Waals surface area (Å²) in [5.74, 6) is -1.27. The van der Waals surface area contributed by atoms with Crippen molar-refractivity contribution in [1.82, 2.24) is 4.98 Å². The van der Waals surface area contributed by atoms with Crippen molar-refractivity contribution in [2.45, 2.75) is 37.4 Å². The highest BCUT2D eigenvalue weighted by molar-refractivity contribution is 6.32. The van der Waals surface area contributed by atoms with Gasteiger partial charge >= 0.3 is 5.97 Å². The number of anilines is 1. The first-order valence-electron chi connectivity index (χ1n) is 9.69. The molecule has 1 saturated heterocycles. The van der Waals surface area contributed by atoms with Gasteiger partial charge in [-0.2, -0.15) is 0 Å². The lowest BCUT2D eigenvalue weighted by Crippen LogP contribution is -2.50. The van der Waals surface area contributed by atoms with Gasteiger partial charge < -0.3 is 15.2 Å². The number of nitrogen functional groups attached to an aromatic ring is 1. The lowest BCUT2D eigenvalue weighted by atomic mass is 9.72. The van der Waals surface area contributed by atoms with E-state index in [2.05, 4.69) is 4.98 Å². The number of carbonyl (C=O) groups is 3. The SMILES string of the molecule is COC(=O)C12OC1(CC=C(C)CCc1ccnc(N)c1)C(=O)c1ccccc1C2=O. The molecule has 2 unspecified atom stereocenters. The van der Waals surface area contributed by atoms with Crippen molar-refractivity contribution in [1.29, 1.82) is 0 Å². The number of carbonyl (C=O) groups excluding carboxylic acids is 3. The average molecular weight is 406 g/mol. The number of nitrogens with two attached hydrogens (primary N) is 1. The van der Waals surface area contributed by atoms with Crippen molar-refractivity contribution < 1.29 is 23.9 Å². The molecule has 0 saturated carbocycles. The molecule has 0 radical (unpaired) electrons. The number of benzene rings is 1. The lowest BCUT2D eigenvalue weighted by Gasteiger charge is -2.22. The Balaban J connectivity index is 1.59. The van der Waals surface area contributed by atoms with Crippen LogP contribution < -0.4 is 5.73 Å². The maximum atomic E-state index is 13.2. The van der Waals surface area contributed by atoms with Gasteiger partial charge in [-0.3, -0.25) is 9.59 Å². The van der Waals surface area contributed by atoms with Gasteiger partial charge in [0.2, 0.25) is 5.78 Å². The Kier molecular flexibility index (Phi) is 4.78. The van der Waals surface area contributed by atoms with Gasteiger partial charge in [0.1, 0.15) is 5.82 Å². The number of ketones is 2. The summed E-state index contributed by atoms with van der Waals surface area (Å²) >= 11 is 0. The quantitative estimate of drug-likeness (QED) is 0.340. The number of esters is 1. The van der Waals surface area contributed by atoms with Crippen LogP contribution in [0.5, 0.6) is 0 Å². The molecular formula is C23H22N2O5. The molecule has 1 aromatic carbocycles. The third-order valence-electron chi connectivity index (χ3n) is 5.82. The molecule has 7 heteroatoms. The fourth-order valence-electron chi connectivity index (χ4n) is 4.09. The lowest BCUT2D eigenvalue weighted by molar-refractivity contribution is -0.145. The first kappa shape index (κ1) is 20.0. The number of methoxy groups -OCH3 is 1. The van der Waals surface area contributed by atoms with Crippen molar-refractivity contribution in [3.63, 3.8) is 0 Å². The zero-order valence-electron chi connectivity index (χ0n) is 16.8. The standard InChI is InChI=1S/C23H22N2O5/c1-14(7-8-15-10-12-25-18(24)13-15)9-11-22-19(26)16-5-3-4-6-17(16)20(27)23(22,30-22)21(28)29-2/h3-6,9-10,12-13H,7-8,11H2,1-2H3,(H2,24,25). The highest BCUT2D eigenvalue weighted by atomic mass is 16.7. The van der Waals surface area contributed by atoms with Crippen LogP contribution in [0.15, 0.2) is 54.2 Å². The number of rotatable bonds is 6. The zero-order valence-corrected chi connectivity index (χ0v) is 16.8. The van der Waals surface area contributed by atoms with Crippen molar-refractivity contribution in [2.24, 2.45) is 0 Å². The maximum absolute atomic E-state index is 13.2. The van der Waals surface area contributed by atoms with Crippen molar-refractivity contribution in [2.75, 3.05) is 12.8 Å². The molecule has 4 rings (SSSR count). The van der Waals surface area contributed by atoms with Gasteiger partial charge in [-0.25, -0.2) is 9.78 Å². The molecule has 1 fully saturated rings. The number of pyridine rings is 1. The molecule has 2 N–H and O–H groups in total. The van der Waals surface area contributed by atoms with E-state index in [4.69, 9.17) is 15.2 Å². The Labute approximate surface area is 173 Å². The number of hydrogen-bond donors (Lipinski definition) is 1. The van der Waals surface area contributed by atoms with E-state index in [1.807, 2.05) is 25.1 Å². The first-order valence-corrected chi connectivity index (χ1v) is 9.69. The molecule has 0 bridgehead atoms. The molecule has 7 nitrogen and oxygen atoms in total. The summed E-state index contributed by atoms with van der Waals surface area (Å²) < 4.78 is 10.5. The molecule has 0 spiro atoms. The second-order valence-corrected chi connectivity index (χ2v) is 7.65. The number of nitrogens with zero attached hydrogens (tertiary/aromatic N) is 1. The smallest absolute Gasteiger partial charge is 0.350 e. The summed E-state index contributed by atoms with van der Waals surface area (Å²) in [5, 5.41) is 0. The first-order chi connectivity index (χ1) is 14.4. The van der Waals surface area contributed by atoms with Crippen molar-refractivity contribution >= 4 is 23.4 Å². The summed E-state index contributed by atoms with van der Waals surface area (Å²) in [7, 11) is 1.18. The van der Waals surface area contributed by atoms with Crippen LogP contribution in [0.3, 0.4) is 0 Å². The number of hydrogen-bond acceptors (Lipinski definition) is 7.